The van der Waals surface area contributed by atoms with Gasteiger partial charge in [-0.3, -0.25) is 14.8 Å². The molecular weight excluding hydrogens is 280 g/mol. The lowest BCUT2D eigenvalue weighted by Crippen LogP contribution is -2.23. The van der Waals surface area contributed by atoms with Gasteiger partial charge in [-0.25, -0.2) is 0 Å². The molecule has 0 aliphatic rings. The van der Waals surface area contributed by atoms with E-state index in [9.17, 15) is 4.79 Å². The molecule has 0 spiro atoms. The second kappa shape index (κ2) is 6.17. The molecule has 1 N–H and O–H groups in total. The topological polar surface area (TPSA) is 80.9 Å². The third-order valence-corrected chi connectivity index (χ3v) is 3.21. The van der Waals surface area contributed by atoms with Crippen LogP contribution in [0.4, 0.5) is 0 Å². The van der Waals surface area contributed by atoms with Gasteiger partial charge in [-0.05, 0) is 30.7 Å². The Morgan fingerprint density at radius 1 is 1.18 bits per heavy atom. The van der Waals surface area contributed by atoms with E-state index in [1.807, 2.05) is 12.1 Å². The van der Waals surface area contributed by atoms with Gasteiger partial charge in [-0.1, -0.05) is 11.2 Å². The molecule has 3 aromatic heterocycles. The lowest BCUT2D eigenvalue weighted by atomic mass is 10.1. The summed E-state index contributed by atoms with van der Waals surface area (Å²) in [6.45, 7) is 2.14. The number of amides is 1. The molecule has 0 aliphatic carbocycles. The first-order valence-electron chi connectivity index (χ1n) is 6.79. The fourth-order valence-electron chi connectivity index (χ4n) is 2.11. The fourth-order valence-corrected chi connectivity index (χ4v) is 2.11. The Bertz CT molecular complexity index is 769. The predicted molar refractivity (Wildman–Crippen MR) is 79.9 cm³/mol. The minimum Gasteiger partial charge on any atom is -0.355 e. The van der Waals surface area contributed by atoms with E-state index in [0.717, 1.165) is 11.1 Å². The van der Waals surface area contributed by atoms with Gasteiger partial charge in [0.25, 0.3) is 5.91 Å². The lowest BCUT2D eigenvalue weighted by molar-refractivity contribution is 0.0950. The van der Waals surface area contributed by atoms with Crippen molar-refractivity contribution < 1.29 is 9.32 Å². The molecule has 0 atom stereocenters. The van der Waals surface area contributed by atoms with Gasteiger partial charge in [0.1, 0.15) is 5.56 Å². The number of hydrogen-bond donors (Lipinski definition) is 1. The molecule has 3 heterocycles. The predicted octanol–water partition coefficient (Wildman–Crippen LogP) is 2.37. The summed E-state index contributed by atoms with van der Waals surface area (Å²) in [7, 11) is 0. The van der Waals surface area contributed by atoms with Crippen molar-refractivity contribution in [3.8, 4) is 11.3 Å². The molecule has 0 bridgehead atoms. The van der Waals surface area contributed by atoms with E-state index in [4.69, 9.17) is 4.52 Å². The molecule has 0 saturated heterocycles. The first-order valence-corrected chi connectivity index (χ1v) is 6.79. The van der Waals surface area contributed by atoms with E-state index in [1.54, 1.807) is 43.8 Å². The number of nitrogens with one attached hydrogen (secondary N) is 1. The Hall–Kier alpha value is -3.02. The second-order valence-corrected chi connectivity index (χ2v) is 4.75. The van der Waals surface area contributed by atoms with Crippen molar-refractivity contribution in [3.63, 3.8) is 0 Å². The Kier molecular flexibility index (Phi) is 3.91. The summed E-state index contributed by atoms with van der Waals surface area (Å²) in [5.74, 6) is 0.220. The molecule has 6 heteroatoms. The smallest absolute Gasteiger partial charge is 0.257 e. The Balaban J connectivity index is 1.82. The van der Waals surface area contributed by atoms with E-state index in [1.165, 1.54) is 0 Å². The van der Waals surface area contributed by atoms with Gasteiger partial charge in [0.05, 0.1) is 5.69 Å². The molecule has 6 nitrogen and oxygen atoms in total. The van der Waals surface area contributed by atoms with Crippen molar-refractivity contribution in [2.75, 3.05) is 0 Å². The van der Waals surface area contributed by atoms with Crippen LogP contribution in [0.3, 0.4) is 0 Å². The molecule has 0 fully saturated rings. The average molecular weight is 294 g/mol. The molecule has 22 heavy (non-hydrogen) atoms. The van der Waals surface area contributed by atoms with E-state index < -0.39 is 0 Å². The summed E-state index contributed by atoms with van der Waals surface area (Å²) in [6, 6.07) is 7.28. The van der Waals surface area contributed by atoms with E-state index in [2.05, 4.69) is 20.4 Å². The van der Waals surface area contributed by atoms with Crippen LogP contribution in [-0.2, 0) is 6.54 Å². The van der Waals surface area contributed by atoms with Gasteiger partial charge in [-0.2, -0.15) is 0 Å². The van der Waals surface area contributed by atoms with E-state index in [-0.39, 0.29) is 5.91 Å². The van der Waals surface area contributed by atoms with Gasteiger partial charge in [-0.15, -0.1) is 0 Å². The molecule has 0 saturated carbocycles. The molecule has 110 valence electrons. The number of hydrogen-bond acceptors (Lipinski definition) is 5. The number of pyridine rings is 2. The monoisotopic (exact) mass is 294 g/mol. The molecular formula is C16H14N4O2. The second-order valence-electron chi connectivity index (χ2n) is 4.75. The maximum absolute atomic E-state index is 12.4. The van der Waals surface area contributed by atoms with Crippen LogP contribution in [-0.4, -0.2) is 21.0 Å². The van der Waals surface area contributed by atoms with Crippen molar-refractivity contribution in [3.05, 3.63) is 65.9 Å². The van der Waals surface area contributed by atoms with E-state index in [0.29, 0.717) is 23.6 Å². The van der Waals surface area contributed by atoms with Crippen molar-refractivity contribution >= 4 is 5.91 Å². The molecule has 1 amide bonds. The molecule has 0 radical (unpaired) electrons. The van der Waals surface area contributed by atoms with Crippen LogP contribution >= 0.6 is 0 Å². The van der Waals surface area contributed by atoms with Gasteiger partial charge < -0.3 is 9.84 Å². The van der Waals surface area contributed by atoms with Gasteiger partial charge in [0.15, 0.2) is 5.76 Å². The first-order chi connectivity index (χ1) is 10.8. The van der Waals surface area contributed by atoms with Crippen LogP contribution in [0.15, 0.2) is 53.6 Å². The van der Waals surface area contributed by atoms with Gasteiger partial charge in [0.2, 0.25) is 0 Å². The SMILES string of the molecule is Cc1noc(-c2ccncc2)c1C(=O)NCc1cccnc1. The Morgan fingerprint density at radius 3 is 2.73 bits per heavy atom. The third-order valence-electron chi connectivity index (χ3n) is 3.21. The molecule has 0 aliphatic heterocycles. The lowest BCUT2D eigenvalue weighted by Gasteiger charge is -2.05. The standard InChI is InChI=1S/C16H14N4O2/c1-11-14(15(22-20-11)13-4-7-17-8-5-13)16(21)19-10-12-3-2-6-18-9-12/h2-9H,10H2,1H3,(H,19,21). The molecule has 0 aromatic carbocycles. The van der Waals surface area contributed by atoms with E-state index >= 15 is 0 Å². The highest BCUT2D eigenvalue weighted by atomic mass is 16.5. The summed E-state index contributed by atoms with van der Waals surface area (Å²) in [6.07, 6.45) is 6.69. The van der Waals surface area contributed by atoms with Crippen LogP contribution < -0.4 is 5.32 Å². The molecule has 0 unspecified atom stereocenters. The molecule has 3 rings (SSSR count). The van der Waals surface area contributed by atoms with Crippen molar-refractivity contribution in [2.45, 2.75) is 13.5 Å². The first kappa shape index (κ1) is 13.9. The summed E-state index contributed by atoms with van der Waals surface area (Å²) >= 11 is 0. The Labute approximate surface area is 127 Å². The van der Waals surface area contributed by atoms with Crippen LogP contribution in [0.1, 0.15) is 21.6 Å². The highest BCUT2D eigenvalue weighted by Crippen LogP contribution is 2.25. The Morgan fingerprint density at radius 2 is 2.00 bits per heavy atom. The largest absolute Gasteiger partial charge is 0.355 e. The summed E-state index contributed by atoms with van der Waals surface area (Å²) in [5, 5.41) is 6.76. The molecule has 3 aromatic rings. The number of nitrogens with zero attached hydrogens (tertiary/aromatic N) is 3. The number of aromatic nitrogens is 3. The fraction of sp³-hybridized carbons (Fsp3) is 0.125. The highest BCUT2D eigenvalue weighted by Gasteiger charge is 2.21. The number of aryl methyl sites for hydroxylation is 1. The maximum atomic E-state index is 12.4. The van der Waals surface area contributed by atoms with Crippen molar-refractivity contribution in [1.82, 2.24) is 20.4 Å². The summed E-state index contributed by atoms with van der Waals surface area (Å²) < 4.78 is 5.30. The average Bonchev–Trinajstić information content (AvgIpc) is 2.96. The van der Waals surface area contributed by atoms with Gasteiger partial charge in [0, 0.05) is 36.9 Å². The van der Waals surface area contributed by atoms with Crippen LogP contribution in [0, 0.1) is 6.92 Å². The third kappa shape index (κ3) is 2.85. The van der Waals surface area contributed by atoms with Crippen LogP contribution in [0.2, 0.25) is 0 Å². The number of carbonyl (C=O) groups is 1. The quantitative estimate of drug-likeness (QED) is 0.799. The highest BCUT2D eigenvalue weighted by molar-refractivity contribution is 6.00. The zero-order valence-electron chi connectivity index (χ0n) is 12.0. The number of carbonyl (C=O) groups excluding carboxylic acids is 1. The minimum absolute atomic E-state index is 0.227. The summed E-state index contributed by atoms with van der Waals surface area (Å²) in [4.78, 5) is 20.4. The van der Waals surface area contributed by atoms with Gasteiger partial charge >= 0.3 is 0 Å². The summed E-state index contributed by atoms with van der Waals surface area (Å²) in [5.41, 5.74) is 2.68. The van der Waals surface area contributed by atoms with Crippen molar-refractivity contribution in [2.24, 2.45) is 0 Å². The zero-order valence-corrected chi connectivity index (χ0v) is 12.0. The maximum Gasteiger partial charge on any atom is 0.257 e. The van der Waals surface area contributed by atoms with Crippen LogP contribution in [0.5, 0.6) is 0 Å². The van der Waals surface area contributed by atoms with Crippen LogP contribution in [0.25, 0.3) is 11.3 Å². The number of rotatable bonds is 4. The minimum atomic E-state index is -0.227. The normalized spacial score (nSPS) is 10.4. The zero-order chi connectivity index (χ0) is 15.4. The van der Waals surface area contributed by atoms with Crippen molar-refractivity contribution in [1.29, 1.82) is 0 Å².